The maximum Gasteiger partial charge on any atom is 0.338 e. The van der Waals surface area contributed by atoms with E-state index in [1.165, 1.54) is 31.2 Å². The molecule has 2 aromatic carbocycles. The number of imide groups is 1. The zero-order valence-corrected chi connectivity index (χ0v) is 15.3. The summed E-state index contributed by atoms with van der Waals surface area (Å²) in [5.41, 5.74) is 0.190. The first-order chi connectivity index (χ1) is 13.8. The van der Waals surface area contributed by atoms with Gasteiger partial charge in [-0.2, -0.15) is 0 Å². The number of ether oxygens (including phenoxy) is 1. The maximum absolute atomic E-state index is 13.6. The van der Waals surface area contributed by atoms with Gasteiger partial charge in [-0.3, -0.25) is 19.3 Å². The molecule has 1 unspecified atom stereocenters. The Morgan fingerprint density at radius 2 is 1.66 bits per heavy atom. The molecule has 0 aliphatic carbocycles. The van der Waals surface area contributed by atoms with Gasteiger partial charge in [0, 0.05) is 18.9 Å². The van der Waals surface area contributed by atoms with E-state index in [0.29, 0.717) is 11.8 Å². The first-order valence-electron chi connectivity index (χ1n) is 8.69. The Morgan fingerprint density at radius 1 is 1.03 bits per heavy atom. The third-order valence-corrected chi connectivity index (χ3v) is 4.25. The van der Waals surface area contributed by atoms with E-state index >= 15 is 0 Å². The molecule has 1 saturated heterocycles. The van der Waals surface area contributed by atoms with Crippen molar-refractivity contribution in [3.05, 3.63) is 59.7 Å². The quantitative estimate of drug-likeness (QED) is 0.613. The molecule has 1 fully saturated rings. The number of esters is 1. The van der Waals surface area contributed by atoms with Crippen molar-refractivity contribution in [2.45, 2.75) is 25.9 Å². The van der Waals surface area contributed by atoms with Gasteiger partial charge in [-0.05, 0) is 43.3 Å². The fraction of sp³-hybridized carbons (Fsp3) is 0.200. The Bertz CT molecular complexity index is 975. The molecule has 0 aromatic heterocycles. The van der Waals surface area contributed by atoms with Crippen LogP contribution in [-0.4, -0.2) is 29.8 Å². The third kappa shape index (κ3) is 4.45. The second-order valence-electron chi connectivity index (χ2n) is 6.33. The highest BCUT2D eigenvalue weighted by molar-refractivity contribution is 6.19. The van der Waals surface area contributed by atoms with Crippen molar-refractivity contribution in [2.24, 2.45) is 0 Å². The standard InChI is InChI=1S/C20H16F2N2O5/c1-11(19(27)23-16-7-4-13(21)10-15(16)22)29-20(28)12-2-5-14(6-3-12)24-17(25)8-9-18(24)26/h2-7,10-11H,8-9H2,1H3,(H,23,27). The fourth-order valence-corrected chi connectivity index (χ4v) is 2.72. The predicted octanol–water partition coefficient (Wildman–Crippen LogP) is 2.80. The molecule has 29 heavy (non-hydrogen) atoms. The van der Waals surface area contributed by atoms with Crippen molar-refractivity contribution in [2.75, 3.05) is 10.2 Å². The van der Waals surface area contributed by atoms with Crippen LogP contribution in [0, 0.1) is 11.6 Å². The van der Waals surface area contributed by atoms with Crippen LogP contribution >= 0.6 is 0 Å². The number of rotatable bonds is 5. The van der Waals surface area contributed by atoms with Gasteiger partial charge in [0.25, 0.3) is 5.91 Å². The number of benzene rings is 2. The number of halogens is 2. The summed E-state index contributed by atoms with van der Waals surface area (Å²) in [6, 6.07) is 8.22. The van der Waals surface area contributed by atoms with E-state index in [1.807, 2.05) is 0 Å². The van der Waals surface area contributed by atoms with Crippen molar-refractivity contribution < 1.29 is 32.7 Å². The van der Waals surface area contributed by atoms with E-state index in [9.17, 15) is 28.0 Å². The van der Waals surface area contributed by atoms with Crippen LogP contribution in [0.15, 0.2) is 42.5 Å². The van der Waals surface area contributed by atoms with Crippen molar-refractivity contribution in [1.29, 1.82) is 0 Å². The van der Waals surface area contributed by atoms with E-state index in [1.54, 1.807) is 0 Å². The summed E-state index contributed by atoms with van der Waals surface area (Å²) in [7, 11) is 0. The van der Waals surface area contributed by atoms with Gasteiger partial charge in [0.1, 0.15) is 11.6 Å². The number of carbonyl (C=O) groups excluding carboxylic acids is 4. The van der Waals surface area contributed by atoms with Crippen LogP contribution in [-0.2, 0) is 19.1 Å². The molecule has 1 heterocycles. The second kappa shape index (κ2) is 8.17. The maximum atomic E-state index is 13.6. The van der Waals surface area contributed by atoms with Crippen LogP contribution in [0.5, 0.6) is 0 Å². The zero-order valence-electron chi connectivity index (χ0n) is 15.3. The van der Waals surface area contributed by atoms with Crippen LogP contribution in [0.25, 0.3) is 0 Å². The van der Waals surface area contributed by atoms with Gasteiger partial charge in [-0.25, -0.2) is 13.6 Å². The van der Waals surface area contributed by atoms with Gasteiger partial charge in [0.2, 0.25) is 11.8 Å². The van der Waals surface area contributed by atoms with E-state index in [2.05, 4.69) is 5.32 Å². The molecule has 1 N–H and O–H groups in total. The number of anilines is 2. The largest absolute Gasteiger partial charge is 0.449 e. The van der Waals surface area contributed by atoms with E-state index in [4.69, 9.17) is 4.74 Å². The second-order valence-corrected chi connectivity index (χ2v) is 6.33. The number of carbonyl (C=O) groups is 4. The van der Waals surface area contributed by atoms with Crippen molar-refractivity contribution in [1.82, 2.24) is 0 Å². The lowest BCUT2D eigenvalue weighted by Crippen LogP contribution is -2.30. The zero-order chi connectivity index (χ0) is 21.1. The van der Waals surface area contributed by atoms with E-state index < -0.39 is 29.6 Å². The minimum Gasteiger partial charge on any atom is -0.449 e. The number of hydrogen-bond donors (Lipinski definition) is 1. The van der Waals surface area contributed by atoms with Gasteiger partial charge >= 0.3 is 5.97 Å². The Balaban J connectivity index is 1.62. The lowest BCUT2D eigenvalue weighted by molar-refractivity contribution is -0.124. The van der Waals surface area contributed by atoms with Gasteiger partial charge in [-0.1, -0.05) is 0 Å². The lowest BCUT2D eigenvalue weighted by Gasteiger charge is -2.15. The summed E-state index contributed by atoms with van der Waals surface area (Å²) in [4.78, 5) is 48.8. The molecule has 0 spiro atoms. The molecule has 9 heteroatoms. The number of amides is 3. The number of nitrogens with one attached hydrogen (secondary N) is 1. The number of nitrogens with zero attached hydrogens (tertiary/aromatic N) is 1. The molecular weight excluding hydrogens is 386 g/mol. The van der Waals surface area contributed by atoms with Gasteiger partial charge < -0.3 is 10.1 Å². The molecule has 0 radical (unpaired) electrons. The lowest BCUT2D eigenvalue weighted by atomic mass is 10.2. The Kier molecular flexibility index (Phi) is 5.67. The Labute approximate surface area is 164 Å². The molecular formula is C20H16F2N2O5. The summed E-state index contributed by atoms with van der Waals surface area (Å²) in [5, 5.41) is 2.21. The smallest absolute Gasteiger partial charge is 0.338 e. The van der Waals surface area contributed by atoms with Gasteiger partial charge in [-0.15, -0.1) is 0 Å². The molecule has 0 bridgehead atoms. The summed E-state index contributed by atoms with van der Waals surface area (Å²) in [6.07, 6.45) is -0.971. The minimum absolute atomic E-state index is 0.0976. The van der Waals surface area contributed by atoms with Crippen molar-refractivity contribution >= 4 is 35.1 Å². The van der Waals surface area contributed by atoms with Gasteiger partial charge in [0.15, 0.2) is 6.10 Å². The molecule has 2 aromatic rings. The average molecular weight is 402 g/mol. The highest BCUT2D eigenvalue weighted by Gasteiger charge is 2.30. The number of hydrogen-bond acceptors (Lipinski definition) is 5. The Morgan fingerprint density at radius 3 is 2.24 bits per heavy atom. The fourth-order valence-electron chi connectivity index (χ4n) is 2.72. The molecule has 7 nitrogen and oxygen atoms in total. The molecule has 1 aliphatic rings. The first kappa shape index (κ1) is 20.1. The van der Waals surface area contributed by atoms with Crippen molar-refractivity contribution in [3.63, 3.8) is 0 Å². The highest BCUT2D eigenvalue weighted by atomic mass is 19.1. The SMILES string of the molecule is CC(OC(=O)c1ccc(N2C(=O)CCC2=O)cc1)C(=O)Nc1ccc(F)cc1F. The molecule has 3 amide bonds. The normalized spacial score (nSPS) is 14.7. The summed E-state index contributed by atoms with van der Waals surface area (Å²) in [6.45, 7) is 1.30. The molecule has 3 rings (SSSR count). The van der Waals surface area contributed by atoms with Crippen molar-refractivity contribution in [3.8, 4) is 0 Å². The van der Waals surface area contributed by atoms with Crippen LogP contribution in [0.2, 0.25) is 0 Å². The van der Waals surface area contributed by atoms with Crippen LogP contribution in [0.4, 0.5) is 20.2 Å². The molecule has 1 atom stereocenters. The van der Waals surface area contributed by atoms with Crippen LogP contribution < -0.4 is 10.2 Å². The van der Waals surface area contributed by atoms with Crippen LogP contribution in [0.3, 0.4) is 0 Å². The van der Waals surface area contributed by atoms with Crippen LogP contribution in [0.1, 0.15) is 30.1 Å². The Hall–Kier alpha value is -3.62. The summed E-state index contributed by atoms with van der Waals surface area (Å²) in [5.74, 6) is -4.00. The first-order valence-corrected chi connectivity index (χ1v) is 8.69. The topological polar surface area (TPSA) is 92.8 Å². The molecule has 150 valence electrons. The monoisotopic (exact) mass is 402 g/mol. The molecule has 0 saturated carbocycles. The third-order valence-electron chi connectivity index (χ3n) is 4.25. The summed E-state index contributed by atoms with van der Waals surface area (Å²) >= 11 is 0. The molecule has 1 aliphatic heterocycles. The minimum atomic E-state index is -1.26. The highest BCUT2D eigenvalue weighted by Crippen LogP contribution is 2.23. The van der Waals surface area contributed by atoms with E-state index in [0.717, 1.165) is 17.0 Å². The van der Waals surface area contributed by atoms with E-state index in [-0.39, 0.29) is 35.9 Å². The van der Waals surface area contributed by atoms with Gasteiger partial charge in [0.05, 0.1) is 16.9 Å². The average Bonchev–Trinajstić information content (AvgIpc) is 3.02. The summed E-state index contributed by atoms with van der Waals surface area (Å²) < 4.78 is 31.6. The predicted molar refractivity (Wildman–Crippen MR) is 98.0 cm³/mol.